The summed E-state index contributed by atoms with van der Waals surface area (Å²) in [6.45, 7) is 4.52. The first-order valence-electron chi connectivity index (χ1n) is 7.00. The molecule has 5 heteroatoms. The quantitative estimate of drug-likeness (QED) is 0.836. The summed E-state index contributed by atoms with van der Waals surface area (Å²) in [5.74, 6) is 1.56. The number of hydrogen-bond donors (Lipinski definition) is 2. The highest BCUT2D eigenvalue weighted by Crippen LogP contribution is 2.17. The van der Waals surface area contributed by atoms with Crippen molar-refractivity contribution in [2.75, 3.05) is 13.1 Å². The zero-order valence-electron chi connectivity index (χ0n) is 11.5. The molecular weight excluding hydrogens is 240 g/mol. The molecule has 0 saturated carbocycles. The molecule has 1 amide bonds. The highest BCUT2D eigenvalue weighted by Gasteiger charge is 2.14. The lowest BCUT2D eigenvalue weighted by atomic mass is 9.93. The molecule has 1 aromatic heterocycles. The number of nitrogens with zero attached hydrogens (tertiary/aromatic N) is 2. The van der Waals surface area contributed by atoms with E-state index in [0.29, 0.717) is 18.9 Å². The number of amides is 1. The molecule has 1 saturated heterocycles. The molecule has 5 nitrogen and oxygen atoms in total. The van der Waals surface area contributed by atoms with Crippen molar-refractivity contribution in [2.45, 2.75) is 39.2 Å². The molecule has 1 aliphatic rings. The van der Waals surface area contributed by atoms with Crippen LogP contribution in [0, 0.1) is 12.8 Å². The minimum Gasteiger partial charge on any atom is -0.350 e. The van der Waals surface area contributed by atoms with E-state index in [1.54, 1.807) is 6.20 Å². The second-order valence-corrected chi connectivity index (χ2v) is 5.10. The number of piperidine rings is 1. The van der Waals surface area contributed by atoms with E-state index in [2.05, 4.69) is 20.6 Å². The number of carbonyl (C=O) groups excluding carboxylic acids is 1. The van der Waals surface area contributed by atoms with Gasteiger partial charge >= 0.3 is 0 Å². The smallest absolute Gasteiger partial charge is 0.220 e. The third kappa shape index (κ3) is 4.95. The molecule has 0 radical (unpaired) electrons. The summed E-state index contributed by atoms with van der Waals surface area (Å²) in [6, 6.07) is 1.83. The van der Waals surface area contributed by atoms with Crippen molar-refractivity contribution in [1.29, 1.82) is 0 Å². The summed E-state index contributed by atoms with van der Waals surface area (Å²) in [5.41, 5.74) is 0.864. The van der Waals surface area contributed by atoms with Crippen LogP contribution < -0.4 is 10.6 Å². The molecule has 0 spiro atoms. The molecule has 1 fully saturated rings. The number of aromatic nitrogens is 2. The molecule has 19 heavy (non-hydrogen) atoms. The van der Waals surface area contributed by atoms with Gasteiger partial charge in [0.1, 0.15) is 5.82 Å². The molecule has 0 bridgehead atoms. The van der Waals surface area contributed by atoms with Crippen LogP contribution in [0.2, 0.25) is 0 Å². The lowest BCUT2D eigenvalue weighted by molar-refractivity contribution is -0.121. The Balaban J connectivity index is 1.66. The van der Waals surface area contributed by atoms with Crippen molar-refractivity contribution in [3.05, 3.63) is 23.8 Å². The Hall–Kier alpha value is -1.49. The van der Waals surface area contributed by atoms with Crippen LogP contribution in [0.3, 0.4) is 0 Å². The van der Waals surface area contributed by atoms with Gasteiger partial charge in [0.2, 0.25) is 5.91 Å². The third-order valence-electron chi connectivity index (χ3n) is 3.54. The van der Waals surface area contributed by atoms with Gasteiger partial charge in [-0.2, -0.15) is 0 Å². The van der Waals surface area contributed by atoms with Crippen molar-refractivity contribution < 1.29 is 4.79 Å². The maximum atomic E-state index is 11.8. The van der Waals surface area contributed by atoms with E-state index in [1.165, 1.54) is 12.8 Å². The first-order chi connectivity index (χ1) is 9.24. The van der Waals surface area contributed by atoms with Gasteiger partial charge in [0, 0.05) is 12.6 Å². The number of carbonyl (C=O) groups is 1. The van der Waals surface area contributed by atoms with Crippen molar-refractivity contribution >= 4 is 5.91 Å². The Morgan fingerprint density at radius 2 is 2.26 bits per heavy atom. The summed E-state index contributed by atoms with van der Waals surface area (Å²) in [7, 11) is 0. The number of aryl methyl sites for hydroxylation is 1. The van der Waals surface area contributed by atoms with Gasteiger partial charge in [0.25, 0.3) is 0 Å². The SMILES string of the molecule is Cc1nccc(CNC(=O)CCC2CCNCC2)n1. The Morgan fingerprint density at radius 3 is 3.00 bits per heavy atom. The van der Waals surface area contributed by atoms with Crippen LogP contribution in [0.4, 0.5) is 0 Å². The van der Waals surface area contributed by atoms with E-state index in [-0.39, 0.29) is 5.91 Å². The van der Waals surface area contributed by atoms with E-state index in [9.17, 15) is 4.79 Å². The highest BCUT2D eigenvalue weighted by atomic mass is 16.1. The average Bonchev–Trinajstić information content (AvgIpc) is 2.44. The summed E-state index contributed by atoms with van der Waals surface area (Å²) in [4.78, 5) is 20.1. The summed E-state index contributed by atoms with van der Waals surface area (Å²) < 4.78 is 0. The summed E-state index contributed by atoms with van der Waals surface area (Å²) in [5, 5.41) is 6.26. The van der Waals surface area contributed by atoms with Crippen LogP contribution in [0.5, 0.6) is 0 Å². The van der Waals surface area contributed by atoms with Gasteiger partial charge in [-0.15, -0.1) is 0 Å². The molecule has 2 N–H and O–H groups in total. The Morgan fingerprint density at radius 1 is 1.47 bits per heavy atom. The second-order valence-electron chi connectivity index (χ2n) is 5.10. The second kappa shape index (κ2) is 7.19. The molecule has 1 aliphatic heterocycles. The van der Waals surface area contributed by atoms with E-state index in [4.69, 9.17) is 0 Å². The highest BCUT2D eigenvalue weighted by molar-refractivity contribution is 5.75. The lowest BCUT2D eigenvalue weighted by Crippen LogP contribution is -2.29. The van der Waals surface area contributed by atoms with Gasteiger partial charge in [0.05, 0.1) is 12.2 Å². The molecule has 104 valence electrons. The molecule has 0 aliphatic carbocycles. The average molecular weight is 262 g/mol. The van der Waals surface area contributed by atoms with E-state index >= 15 is 0 Å². The fourth-order valence-electron chi connectivity index (χ4n) is 2.39. The van der Waals surface area contributed by atoms with Crippen LogP contribution in [0.1, 0.15) is 37.2 Å². The number of hydrogen-bond acceptors (Lipinski definition) is 4. The predicted molar refractivity (Wildman–Crippen MR) is 73.4 cm³/mol. The van der Waals surface area contributed by atoms with E-state index in [1.807, 2.05) is 13.0 Å². The molecule has 0 aromatic carbocycles. The maximum absolute atomic E-state index is 11.8. The molecule has 0 unspecified atom stereocenters. The normalized spacial score (nSPS) is 16.3. The van der Waals surface area contributed by atoms with Crippen LogP contribution in [-0.4, -0.2) is 29.0 Å². The lowest BCUT2D eigenvalue weighted by Gasteiger charge is -2.22. The van der Waals surface area contributed by atoms with Crippen LogP contribution in [0.15, 0.2) is 12.3 Å². The van der Waals surface area contributed by atoms with E-state index < -0.39 is 0 Å². The molecule has 2 rings (SSSR count). The molecule has 2 heterocycles. The first-order valence-corrected chi connectivity index (χ1v) is 7.00. The fourth-order valence-corrected chi connectivity index (χ4v) is 2.39. The van der Waals surface area contributed by atoms with Crippen molar-refractivity contribution in [3.63, 3.8) is 0 Å². The van der Waals surface area contributed by atoms with Crippen LogP contribution >= 0.6 is 0 Å². The van der Waals surface area contributed by atoms with Crippen molar-refractivity contribution in [1.82, 2.24) is 20.6 Å². The molecule has 0 atom stereocenters. The van der Waals surface area contributed by atoms with Crippen molar-refractivity contribution in [3.8, 4) is 0 Å². The summed E-state index contributed by atoms with van der Waals surface area (Å²) in [6.07, 6.45) is 5.72. The standard InChI is InChI=1S/C14H22N4O/c1-11-16-9-6-13(18-11)10-17-14(19)3-2-12-4-7-15-8-5-12/h6,9,12,15H,2-5,7-8,10H2,1H3,(H,17,19). The zero-order valence-corrected chi connectivity index (χ0v) is 11.5. The van der Waals surface area contributed by atoms with Gasteiger partial charge in [-0.1, -0.05) is 0 Å². The number of rotatable bonds is 5. The van der Waals surface area contributed by atoms with Gasteiger partial charge in [-0.25, -0.2) is 9.97 Å². The van der Waals surface area contributed by atoms with Crippen LogP contribution in [0.25, 0.3) is 0 Å². The fraction of sp³-hybridized carbons (Fsp3) is 0.643. The molecule has 1 aromatic rings. The summed E-state index contributed by atoms with van der Waals surface area (Å²) >= 11 is 0. The van der Waals surface area contributed by atoms with E-state index in [0.717, 1.165) is 31.0 Å². The van der Waals surface area contributed by atoms with Crippen molar-refractivity contribution in [2.24, 2.45) is 5.92 Å². The van der Waals surface area contributed by atoms with Gasteiger partial charge in [0.15, 0.2) is 0 Å². The Kier molecular flexibility index (Phi) is 5.27. The Labute approximate surface area is 114 Å². The minimum absolute atomic E-state index is 0.120. The first kappa shape index (κ1) is 13.9. The predicted octanol–water partition coefficient (Wildman–Crippen LogP) is 1.18. The van der Waals surface area contributed by atoms with Gasteiger partial charge in [-0.05, 0) is 51.3 Å². The minimum atomic E-state index is 0.120. The van der Waals surface area contributed by atoms with Gasteiger partial charge in [-0.3, -0.25) is 4.79 Å². The zero-order chi connectivity index (χ0) is 13.5. The number of nitrogens with one attached hydrogen (secondary N) is 2. The van der Waals surface area contributed by atoms with Crippen LogP contribution in [-0.2, 0) is 11.3 Å². The largest absolute Gasteiger partial charge is 0.350 e. The van der Waals surface area contributed by atoms with Gasteiger partial charge < -0.3 is 10.6 Å². The maximum Gasteiger partial charge on any atom is 0.220 e. The Bertz CT molecular complexity index is 416. The topological polar surface area (TPSA) is 66.9 Å². The third-order valence-corrected chi connectivity index (χ3v) is 3.54. The molecular formula is C14H22N4O. The monoisotopic (exact) mass is 262 g/mol.